The van der Waals surface area contributed by atoms with Crippen LogP contribution in [-0.4, -0.2) is 51.4 Å². The van der Waals surface area contributed by atoms with Crippen LogP contribution in [0, 0.1) is 6.92 Å². The van der Waals surface area contributed by atoms with Crippen LogP contribution in [0.1, 0.15) is 30.0 Å². The van der Waals surface area contributed by atoms with Crippen molar-refractivity contribution in [3.8, 4) is 5.75 Å². The maximum absolute atomic E-state index is 14.6. The highest BCUT2D eigenvalue weighted by atomic mass is 79.9. The molecule has 4 aromatic rings. The van der Waals surface area contributed by atoms with Gasteiger partial charge in [-0.25, -0.2) is 8.42 Å². The molecule has 0 spiro atoms. The Morgan fingerprint density at radius 1 is 0.889 bits per heavy atom. The van der Waals surface area contributed by atoms with Gasteiger partial charge in [-0.15, -0.1) is 0 Å². The Bertz CT molecular complexity index is 1680. The molecule has 45 heavy (non-hydrogen) atoms. The highest BCUT2D eigenvalue weighted by Gasteiger charge is 2.35. The van der Waals surface area contributed by atoms with Crippen LogP contribution in [-0.2, 0) is 32.6 Å². The fraction of sp³-hybridized carbons (Fsp3) is 0.257. The van der Waals surface area contributed by atoms with Gasteiger partial charge < -0.3 is 15.0 Å². The van der Waals surface area contributed by atoms with E-state index < -0.39 is 28.5 Å². The van der Waals surface area contributed by atoms with Crippen molar-refractivity contribution in [2.75, 3.05) is 24.5 Å². The summed E-state index contributed by atoms with van der Waals surface area (Å²) in [7, 11) is -2.78. The molecular formula is C35H38BrN3O5S. The van der Waals surface area contributed by atoms with Gasteiger partial charge in [0.15, 0.2) is 0 Å². The number of sulfonamides is 1. The monoisotopic (exact) mass is 691 g/mol. The molecule has 2 amide bonds. The minimum atomic E-state index is -4.23. The van der Waals surface area contributed by atoms with E-state index in [9.17, 15) is 18.0 Å². The lowest BCUT2D eigenvalue weighted by Gasteiger charge is -2.34. The zero-order chi connectivity index (χ0) is 32.4. The number of aryl methyl sites for hydroxylation is 1. The Morgan fingerprint density at radius 2 is 1.53 bits per heavy atom. The van der Waals surface area contributed by atoms with Crippen LogP contribution in [0.3, 0.4) is 0 Å². The second-order valence-electron chi connectivity index (χ2n) is 10.6. The second-order valence-corrected chi connectivity index (χ2v) is 13.4. The number of anilines is 1. The first kappa shape index (κ1) is 33.7. The van der Waals surface area contributed by atoms with Gasteiger partial charge in [0.2, 0.25) is 11.8 Å². The SMILES string of the molecule is CCCNC(=O)[C@H](Cc1ccccc1)N(Cc1ccc(Br)cc1)C(=O)CN(c1cc(C)ccc1OC)S(=O)(=O)c1ccccc1. The number of ether oxygens (including phenoxy) is 1. The summed E-state index contributed by atoms with van der Waals surface area (Å²) in [5.74, 6) is -0.542. The minimum Gasteiger partial charge on any atom is -0.495 e. The lowest BCUT2D eigenvalue weighted by atomic mass is 10.0. The summed E-state index contributed by atoms with van der Waals surface area (Å²) < 4.78 is 36.0. The molecule has 0 aliphatic carbocycles. The molecule has 0 heterocycles. The van der Waals surface area contributed by atoms with Gasteiger partial charge in [-0.05, 0) is 66.4 Å². The quantitative estimate of drug-likeness (QED) is 0.172. The van der Waals surface area contributed by atoms with Gasteiger partial charge in [0.1, 0.15) is 18.3 Å². The molecule has 0 bridgehead atoms. The number of hydrogen-bond donors (Lipinski definition) is 1. The van der Waals surface area contributed by atoms with E-state index in [2.05, 4.69) is 21.2 Å². The third-order valence-electron chi connectivity index (χ3n) is 7.30. The Hall–Kier alpha value is -4.15. The first-order valence-corrected chi connectivity index (χ1v) is 16.9. The van der Waals surface area contributed by atoms with Crippen LogP contribution < -0.4 is 14.4 Å². The zero-order valence-electron chi connectivity index (χ0n) is 25.6. The number of carbonyl (C=O) groups is 2. The number of nitrogens with one attached hydrogen (secondary N) is 1. The summed E-state index contributed by atoms with van der Waals surface area (Å²) in [6.07, 6.45) is 0.971. The molecule has 8 nitrogen and oxygen atoms in total. The molecule has 0 unspecified atom stereocenters. The first-order valence-electron chi connectivity index (χ1n) is 14.7. The van der Waals surface area contributed by atoms with Crippen LogP contribution in [0.2, 0.25) is 0 Å². The van der Waals surface area contributed by atoms with Gasteiger partial charge in [-0.2, -0.15) is 0 Å². The molecule has 1 atom stereocenters. The molecule has 0 radical (unpaired) electrons. The predicted molar refractivity (Wildman–Crippen MR) is 181 cm³/mol. The van der Waals surface area contributed by atoms with E-state index in [1.54, 1.807) is 30.3 Å². The van der Waals surface area contributed by atoms with Crippen molar-refractivity contribution in [1.82, 2.24) is 10.2 Å². The molecule has 0 aliphatic rings. The molecule has 0 saturated heterocycles. The van der Waals surface area contributed by atoms with Crippen LogP contribution >= 0.6 is 15.9 Å². The standard InChI is InChI=1S/C35H38BrN3O5S/c1-4-21-37-35(41)32(23-27-11-7-5-8-12-27)38(24-28-16-18-29(36)19-17-28)34(40)25-39(31-22-26(2)15-20-33(31)44-3)45(42,43)30-13-9-6-10-14-30/h5-20,22,32H,4,21,23-25H2,1-3H3,(H,37,41)/t32-/m0/s1. The van der Waals surface area contributed by atoms with Crippen molar-refractivity contribution >= 4 is 43.5 Å². The Morgan fingerprint density at radius 3 is 2.16 bits per heavy atom. The van der Waals surface area contributed by atoms with Crippen LogP contribution in [0.15, 0.2) is 112 Å². The fourth-order valence-corrected chi connectivity index (χ4v) is 6.64. The molecule has 0 fully saturated rings. The third kappa shape index (κ3) is 8.73. The minimum absolute atomic E-state index is 0.0299. The van der Waals surface area contributed by atoms with E-state index >= 15 is 0 Å². The van der Waals surface area contributed by atoms with Gasteiger partial charge in [0.05, 0.1) is 17.7 Å². The number of halogens is 1. The molecular weight excluding hydrogens is 654 g/mol. The van der Waals surface area contributed by atoms with Crippen LogP contribution in [0.5, 0.6) is 5.75 Å². The normalized spacial score (nSPS) is 11.8. The van der Waals surface area contributed by atoms with E-state index in [-0.39, 0.29) is 29.5 Å². The van der Waals surface area contributed by atoms with Crippen molar-refractivity contribution in [3.05, 3.63) is 124 Å². The summed E-state index contributed by atoms with van der Waals surface area (Å²) in [5, 5.41) is 2.96. The number of benzene rings is 4. The summed E-state index contributed by atoms with van der Waals surface area (Å²) >= 11 is 3.46. The molecule has 4 aromatic carbocycles. The lowest BCUT2D eigenvalue weighted by molar-refractivity contribution is -0.140. The number of carbonyl (C=O) groups excluding carboxylic acids is 2. The van der Waals surface area contributed by atoms with Crippen molar-refractivity contribution in [2.45, 2.75) is 44.2 Å². The maximum Gasteiger partial charge on any atom is 0.264 e. The lowest BCUT2D eigenvalue weighted by Crippen LogP contribution is -2.53. The van der Waals surface area contributed by atoms with E-state index in [0.717, 1.165) is 31.9 Å². The smallest absolute Gasteiger partial charge is 0.264 e. The molecule has 0 saturated carbocycles. The van der Waals surface area contributed by atoms with Crippen molar-refractivity contribution in [2.24, 2.45) is 0 Å². The first-order chi connectivity index (χ1) is 21.6. The van der Waals surface area contributed by atoms with Crippen molar-refractivity contribution < 1.29 is 22.7 Å². The highest BCUT2D eigenvalue weighted by Crippen LogP contribution is 2.34. The van der Waals surface area contributed by atoms with Gasteiger partial charge in [0.25, 0.3) is 10.0 Å². The fourth-order valence-electron chi connectivity index (χ4n) is 4.93. The number of amides is 2. The third-order valence-corrected chi connectivity index (χ3v) is 9.60. The van der Waals surface area contributed by atoms with E-state index in [1.807, 2.05) is 74.5 Å². The van der Waals surface area contributed by atoms with Crippen LogP contribution in [0.4, 0.5) is 5.69 Å². The van der Waals surface area contributed by atoms with Crippen LogP contribution in [0.25, 0.3) is 0 Å². The van der Waals surface area contributed by atoms with Crippen molar-refractivity contribution in [3.63, 3.8) is 0 Å². The average molecular weight is 693 g/mol. The highest BCUT2D eigenvalue weighted by molar-refractivity contribution is 9.10. The van der Waals surface area contributed by atoms with Gasteiger partial charge in [0, 0.05) is 24.0 Å². The molecule has 236 valence electrons. The summed E-state index contributed by atoms with van der Waals surface area (Å²) in [6.45, 7) is 3.78. The number of rotatable bonds is 14. The van der Waals surface area contributed by atoms with E-state index in [0.29, 0.717) is 12.3 Å². The molecule has 4 rings (SSSR count). The molecule has 1 N–H and O–H groups in total. The average Bonchev–Trinajstić information content (AvgIpc) is 3.05. The Labute approximate surface area is 274 Å². The molecule has 0 aliphatic heterocycles. The topological polar surface area (TPSA) is 96.0 Å². The summed E-state index contributed by atoms with van der Waals surface area (Å²) in [4.78, 5) is 29.8. The van der Waals surface area contributed by atoms with Gasteiger partial charge >= 0.3 is 0 Å². The van der Waals surface area contributed by atoms with Gasteiger partial charge in [-0.3, -0.25) is 13.9 Å². The largest absolute Gasteiger partial charge is 0.495 e. The second kappa shape index (κ2) is 15.7. The van der Waals surface area contributed by atoms with E-state index in [4.69, 9.17) is 4.74 Å². The summed E-state index contributed by atoms with van der Waals surface area (Å²) in [5.41, 5.74) is 2.68. The van der Waals surface area contributed by atoms with Crippen molar-refractivity contribution in [1.29, 1.82) is 0 Å². The number of nitrogens with zero attached hydrogens (tertiary/aromatic N) is 2. The van der Waals surface area contributed by atoms with Gasteiger partial charge in [-0.1, -0.05) is 89.6 Å². The molecule has 10 heteroatoms. The molecule has 0 aromatic heterocycles. The number of hydrogen-bond acceptors (Lipinski definition) is 5. The zero-order valence-corrected chi connectivity index (χ0v) is 28.1. The predicted octanol–water partition coefficient (Wildman–Crippen LogP) is 6.13. The summed E-state index contributed by atoms with van der Waals surface area (Å²) in [6, 6.07) is 29.2. The number of methoxy groups -OCH3 is 1. The maximum atomic E-state index is 14.6. The van der Waals surface area contributed by atoms with E-state index in [1.165, 1.54) is 24.1 Å². The Balaban J connectivity index is 1.83. The Kier molecular flexibility index (Phi) is 11.8.